The number of carbonyl (C=O) groups excluding carboxylic acids is 1. The molecule has 0 spiro atoms. The van der Waals surface area contributed by atoms with Gasteiger partial charge in [-0.15, -0.1) is 12.4 Å². The zero-order valence-electron chi connectivity index (χ0n) is 12.3. The van der Waals surface area contributed by atoms with Gasteiger partial charge in [-0.2, -0.15) is 5.10 Å². The molecule has 1 unspecified atom stereocenters. The van der Waals surface area contributed by atoms with Crippen molar-refractivity contribution < 1.29 is 4.79 Å². The SMILES string of the molecule is Cl.O=C(NCC1CCCNC1)c1cc(-c2ccccc2)n[nH]1. The van der Waals surface area contributed by atoms with Crippen molar-refractivity contribution in [2.24, 2.45) is 5.92 Å². The number of hydrogen-bond donors (Lipinski definition) is 3. The summed E-state index contributed by atoms with van der Waals surface area (Å²) in [4.78, 5) is 12.1. The molecule has 1 aliphatic rings. The van der Waals surface area contributed by atoms with E-state index in [1.54, 1.807) is 6.07 Å². The minimum absolute atomic E-state index is 0. The van der Waals surface area contributed by atoms with Gasteiger partial charge in [0.2, 0.25) is 0 Å². The number of H-pyrrole nitrogens is 1. The first-order chi connectivity index (χ1) is 10.3. The van der Waals surface area contributed by atoms with Crippen molar-refractivity contribution in [1.29, 1.82) is 0 Å². The molecule has 1 amide bonds. The van der Waals surface area contributed by atoms with Gasteiger partial charge in [-0.05, 0) is 37.9 Å². The Labute approximate surface area is 136 Å². The van der Waals surface area contributed by atoms with Crippen molar-refractivity contribution in [2.45, 2.75) is 12.8 Å². The van der Waals surface area contributed by atoms with Crippen LogP contribution in [0, 0.1) is 5.92 Å². The Kier molecular flexibility index (Phi) is 5.98. The Bertz CT molecular complexity index is 593. The average Bonchev–Trinajstić information content (AvgIpc) is 3.04. The van der Waals surface area contributed by atoms with Crippen LogP contribution in [0.1, 0.15) is 23.3 Å². The third-order valence-corrected chi connectivity index (χ3v) is 3.84. The number of benzene rings is 1. The lowest BCUT2D eigenvalue weighted by Crippen LogP contribution is -2.38. The highest BCUT2D eigenvalue weighted by atomic mass is 35.5. The highest BCUT2D eigenvalue weighted by molar-refractivity contribution is 5.93. The van der Waals surface area contributed by atoms with Crippen LogP contribution >= 0.6 is 12.4 Å². The molecule has 0 saturated carbocycles. The summed E-state index contributed by atoms with van der Waals surface area (Å²) in [5, 5.41) is 13.4. The predicted molar refractivity (Wildman–Crippen MR) is 89.2 cm³/mol. The van der Waals surface area contributed by atoms with Crippen molar-refractivity contribution in [1.82, 2.24) is 20.8 Å². The molecule has 0 bridgehead atoms. The minimum atomic E-state index is -0.0877. The van der Waals surface area contributed by atoms with Crippen LogP contribution < -0.4 is 10.6 Å². The Morgan fingerprint density at radius 2 is 2.14 bits per heavy atom. The van der Waals surface area contributed by atoms with Crippen LogP contribution in [0.25, 0.3) is 11.3 Å². The highest BCUT2D eigenvalue weighted by Crippen LogP contribution is 2.17. The van der Waals surface area contributed by atoms with Gasteiger partial charge >= 0.3 is 0 Å². The molecule has 1 fully saturated rings. The lowest BCUT2D eigenvalue weighted by atomic mass is 10.00. The van der Waals surface area contributed by atoms with Crippen molar-refractivity contribution >= 4 is 18.3 Å². The van der Waals surface area contributed by atoms with Gasteiger partial charge in [0, 0.05) is 12.1 Å². The number of aromatic nitrogens is 2. The monoisotopic (exact) mass is 320 g/mol. The molecule has 0 aliphatic carbocycles. The van der Waals surface area contributed by atoms with Crippen molar-refractivity contribution in [3.8, 4) is 11.3 Å². The second kappa shape index (κ2) is 7.96. The molecular weight excluding hydrogens is 300 g/mol. The fourth-order valence-electron chi connectivity index (χ4n) is 2.63. The van der Waals surface area contributed by atoms with E-state index in [0.29, 0.717) is 18.2 Å². The number of amides is 1. The van der Waals surface area contributed by atoms with E-state index >= 15 is 0 Å². The van der Waals surface area contributed by atoms with Crippen LogP contribution in [-0.2, 0) is 0 Å². The van der Waals surface area contributed by atoms with Crippen molar-refractivity contribution in [3.05, 3.63) is 42.1 Å². The molecule has 118 valence electrons. The summed E-state index contributed by atoms with van der Waals surface area (Å²) >= 11 is 0. The molecule has 1 atom stereocenters. The maximum absolute atomic E-state index is 12.1. The number of rotatable bonds is 4. The zero-order valence-corrected chi connectivity index (χ0v) is 13.2. The first-order valence-electron chi connectivity index (χ1n) is 7.42. The third-order valence-electron chi connectivity index (χ3n) is 3.84. The maximum atomic E-state index is 12.1. The number of nitrogens with one attached hydrogen (secondary N) is 3. The zero-order chi connectivity index (χ0) is 14.5. The Hall–Kier alpha value is -1.85. The van der Waals surface area contributed by atoms with Gasteiger partial charge < -0.3 is 10.6 Å². The summed E-state index contributed by atoms with van der Waals surface area (Å²) in [5.41, 5.74) is 2.31. The van der Waals surface area contributed by atoms with Crippen LogP contribution in [0.15, 0.2) is 36.4 Å². The highest BCUT2D eigenvalue weighted by Gasteiger charge is 2.15. The van der Waals surface area contributed by atoms with E-state index in [0.717, 1.165) is 24.3 Å². The number of halogens is 1. The normalized spacial score (nSPS) is 17.5. The van der Waals surface area contributed by atoms with Gasteiger partial charge in [0.15, 0.2) is 0 Å². The Morgan fingerprint density at radius 1 is 1.32 bits per heavy atom. The van der Waals surface area contributed by atoms with Crippen molar-refractivity contribution in [2.75, 3.05) is 19.6 Å². The summed E-state index contributed by atoms with van der Waals surface area (Å²) in [5.74, 6) is 0.439. The van der Waals surface area contributed by atoms with E-state index in [1.165, 1.54) is 12.8 Å². The van der Waals surface area contributed by atoms with E-state index in [2.05, 4.69) is 20.8 Å². The van der Waals surface area contributed by atoms with E-state index in [9.17, 15) is 4.79 Å². The van der Waals surface area contributed by atoms with Crippen LogP contribution in [0.2, 0.25) is 0 Å². The number of carbonyl (C=O) groups is 1. The largest absolute Gasteiger partial charge is 0.350 e. The fraction of sp³-hybridized carbons (Fsp3) is 0.375. The maximum Gasteiger partial charge on any atom is 0.269 e. The smallest absolute Gasteiger partial charge is 0.269 e. The number of hydrogen-bond acceptors (Lipinski definition) is 3. The van der Waals surface area contributed by atoms with Gasteiger partial charge in [-0.3, -0.25) is 9.89 Å². The summed E-state index contributed by atoms with van der Waals surface area (Å²) in [6, 6.07) is 11.6. The quantitative estimate of drug-likeness (QED) is 0.809. The molecular formula is C16H21ClN4O. The van der Waals surface area contributed by atoms with Gasteiger partial charge in [-0.25, -0.2) is 0 Å². The molecule has 1 aromatic heterocycles. The van der Waals surface area contributed by atoms with Crippen molar-refractivity contribution in [3.63, 3.8) is 0 Å². The van der Waals surface area contributed by atoms with E-state index in [-0.39, 0.29) is 18.3 Å². The minimum Gasteiger partial charge on any atom is -0.350 e. The number of aromatic amines is 1. The first-order valence-corrected chi connectivity index (χ1v) is 7.42. The summed E-state index contributed by atoms with van der Waals surface area (Å²) in [6.45, 7) is 2.79. The molecule has 3 rings (SSSR count). The van der Waals surface area contributed by atoms with E-state index < -0.39 is 0 Å². The lowest BCUT2D eigenvalue weighted by Gasteiger charge is -2.22. The van der Waals surface area contributed by atoms with Crippen LogP contribution in [-0.4, -0.2) is 35.7 Å². The van der Waals surface area contributed by atoms with E-state index in [4.69, 9.17) is 0 Å². The third kappa shape index (κ3) is 4.08. The van der Waals surface area contributed by atoms with Gasteiger partial charge in [0.25, 0.3) is 5.91 Å². The lowest BCUT2D eigenvalue weighted by molar-refractivity contribution is 0.0940. The molecule has 2 heterocycles. The molecule has 1 saturated heterocycles. The summed E-state index contributed by atoms with van der Waals surface area (Å²) in [6.07, 6.45) is 2.36. The fourth-order valence-corrected chi connectivity index (χ4v) is 2.63. The van der Waals surface area contributed by atoms with Crippen LogP contribution in [0.3, 0.4) is 0 Å². The van der Waals surface area contributed by atoms with Gasteiger partial charge in [0.1, 0.15) is 5.69 Å². The molecule has 6 heteroatoms. The standard InChI is InChI=1S/C16H20N4O.ClH/c21-16(18-11-12-5-4-8-17-10-12)15-9-14(19-20-15)13-6-2-1-3-7-13;/h1-3,6-7,9,12,17H,4-5,8,10-11H2,(H,18,21)(H,19,20);1H. The van der Waals surface area contributed by atoms with Gasteiger partial charge in [0.05, 0.1) is 5.69 Å². The average molecular weight is 321 g/mol. The van der Waals surface area contributed by atoms with Crippen LogP contribution in [0.5, 0.6) is 0 Å². The number of piperidine rings is 1. The van der Waals surface area contributed by atoms with Crippen LogP contribution in [0.4, 0.5) is 0 Å². The van der Waals surface area contributed by atoms with E-state index in [1.807, 2.05) is 30.3 Å². The molecule has 5 nitrogen and oxygen atoms in total. The number of nitrogens with zero attached hydrogens (tertiary/aromatic N) is 1. The Balaban J connectivity index is 0.00000176. The van der Waals surface area contributed by atoms with Gasteiger partial charge in [-0.1, -0.05) is 30.3 Å². The molecule has 1 aromatic carbocycles. The molecule has 22 heavy (non-hydrogen) atoms. The summed E-state index contributed by atoms with van der Waals surface area (Å²) < 4.78 is 0. The second-order valence-corrected chi connectivity index (χ2v) is 5.46. The topological polar surface area (TPSA) is 69.8 Å². The Morgan fingerprint density at radius 3 is 2.86 bits per heavy atom. The second-order valence-electron chi connectivity index (χ2n) is 5.46. The predicted octanol–water partition coefficient (Wildman–Crippen LogP) is 2.23. The first kappa shape index (κ1) is 16.5. The molecule has 3 N–H and O–H groups in total. The summed E-state index contributed by atoms with van der Waals surface area (Å²) in [7, 11) is 0. The molecule has 0 radical (unpaired) electrons. The molecule has 1 aliphatic heterocycles. The molecule has 2 aromatic rings.